The summed E-state index contributed by atoms with van der Waals surface area (Å²) in [5.41, 5.74) is 1.58. The maximum Gasteiger partial charge on any atom is 0.240 e. The van der Waals surface area contributed by atoms with Crippen LogP contribution in [0.2, 0.25) is 0 Å². The third-order valence-electron chi connectivity index (χ3n) is 3.94. The third-order valence-corrected chi connectivity index (χ3v) is 4.96. The zero-order valence-corrected chi connectivity index (χ0v) is 16.3. The van der Waals surface area contributed by atoms with Gasteiger partial charge in [-0.25, -0.2) is 0 Å². The monoisotopic (exact) mass is 383 g/mol. The van der Waals surface area contributed by atoms with E-state index >= 15 is 0 Å². The van der Waals surface area contributed by atoms with Crippen molar-refractivity contribution in [2.75, 3.05) is 18.6 Å². The number of ether oxygens (including phenoxy) is 1. The summed E-state index contributed by atoms with van der Waals surface area (Å²) in [5, 5.41) is 12.1. The summed E-state index contributed by atoms with van der Waals surface area (Å²) in [4.78, 5) is 14.4. The number of rotatable bonds is 7. The molecule has 0 saturated carbocycles. The molecule has 3 aromatic rings. The van der Waals surface area contributed by atoms with Gasteiger partial charge in [0.1, 0.15) is 11.4 Å². The second kappa shape index (κ2) is 8.68. The number of thioether (sulfide) groups is 1. The van der Waals surface area contributed by atoms with Crippen molar-refractivity contribution in [1.82, 2.24) is 20.2 Å². The van der Waals surface area contributed by atoms with E-state index in [2.05, 4.69) is 15.5 Å². The fourth-order valence-electron chi connectivity index (χ4n) is 2.57. The molecule has 1 atom stereocenters. The van der Waals surface area contributed by atoms with Gasteiger partial charge >= 0.3 is 0 Å². The van der Waals surface area contributed by atoms with Crippen molar-refractivity contribution in [3.8, 4) is 11.4 Å². The molecular formula is C19H21N5O2S. The fourth-order valence-corrected chi connectivity index (χ4v) is 3.47. The number of carbonyl (C=O) groups is 1. The first-order valence-corrected chi connectivity index (χ1v) is 9.49. The van der Waals surface area contributed by atoms with Gasteiger partial charge in [0, 0.05) is 12.7 Å². The Morgan fingerprint density at radius 1 is 1.19 bits per heavy atom. The van der Waals surface area contributed by atoms with Crippen molar-refractivity contribution in [2.24, 2.45) is 0 Å². The van der Waals surface area contributed by atoms with Crippen LogP contribution in [-0.2, 0) is 4.79 Å². The van der Waals surface area contributed by atoms with E-state index < -0.39 is 0 Å². The molecule has 0 bridgehead atoms. The minimum Gasteiger partial charge on any atom is -0.492 e. The van der Waals surface area contributed by atoms with Gasteiger partial charge in [-0.1, -0.05) is 42.1 Å². The third kappa shape index (κ3) is 4.28. The molecule has 1 aromatic heterocycles. The molecule has 0 aliphatic heterocycles. The predicted molar refractivity (Wildman–Crippen MR) is 105 cm³/mol. The number of benzene rings is 2. The van der Waals surface area contributed by atoms with Crippen LogP contribution in [0.1, 0.15) is 13.8 Å². The van der Waals surface area contributed by atoms with Crippen LogP contribution in [0.15, 0.2) is 59.8 Å². The van der Waals surface area contributed by atoms with Crippen LogP contribution >= 0.6 is 11.8 Å². The molecule has 0 radical (unpaired) electrons. The highest BCUT2D eigenvalue weighted by Crippen LogP contribution is 2.29. The second-order valence-corrected chi connectivity index (χ2v) is 7.07. The van der Waals surface area contributed by atoms with E-state index in [-0.39, 0.29) is 11.2 Å². The number of tetrazole rings is 1. The van der Waals surface area contributed by atoms with E-state index in [9.17, 15) is 4.79 Å². The van der Waals surface area contributed by atoms with Crippen molar-refractivity contribution >= 4 is 23.4 Å². The zero-order chi connectivity index (χ0) is 19.2. The van der Waals surface area contributed by atoms with Crippen LogP contribution in [0.3, 0.4) is 0 Å². The van der Waals surface area contributed by atoms with E-state index in [1.54, 1.807) is 16.6 Å². The summed E-state index contributed by atoms with van der Waals surface area (Å²) in [6.07, 6.45) is 0. The highest BCUT2D eigenvalue weighted by molar-refractivity contribution is 8.00. The fraction of sp³-hybridized carbons (Fsp3) is 0.263. The first-order chi connectivity index (χ1) is 13.1. The van der Waals surface area contributed by atoms with Crippen LogP contribution < -0.4 is 9.64 Å². The van der Waals surface area contributed by atoms with E-state index in [1.807, 2.05) is 68.4 Å². The van der Waals surface area contributed by atoms with Gasteiger partial charge in [0.15, 0.2) is 0 Å². The molecule has 1 heterocycles. The number of nitrogens with zero attached hydrogens (tertiary/aromatic N) is 5. The molecule has 0 fully saturated rings. The lowest BCUT2D eigenvalue weighted by molar-refractivity contribution is -0.117. The maximum absolute atomic E-state index is 12.8. The summed E-state index contributed by atoms with van der Waals surface area (Å²) >= 11 is 1.31. The number of aromatic nitrogens is 4. The van der Waals surface area contributed by atoms with E-state index in [4.69, 9.17) is 4.74 Å². The van der Waals surface area contributed by atoms with Crippen molar-refractivity contribution in [2.45, 2.75) is 24.3 Å². The number of hydrogen-bond donors (Lipinski definition) is 0. The highest BCUT2D eigenvalue weighted by atomic mass is 32.2. The van der Waals surface area contributed by atoms with Gasteiger partial charge in [-0.05, 0) is 48.5 Å². The van der Waals surface area contributed by atoms with Crippen molar-refractivity contribution in [3.05, 3.63) is 54.6 Å². The molecule has 0 aliphatic carbocycles. The van der Waals surface area contributed by atoms with Crippen LogP contribution in [0.5, 0.6) is 5.75 Å². The van der Waals surface area contributed by atoms with Crippen molar-refractivity contribution in [3.63, 3.8) is 0 Å². The summed E-state index contributed by atoms with van der Waals surface area (Å²) in [5.74, 6) is 0.661. The number of para-hydroxylation sites is 3. The van der Waals surface area contributed by atoms with Gasteiger partial charge in [0.2, 0.25) is 11.1 Å². The predicted octanol–water partition coefficient (Wildman–Crippen LogP) is 3.20. The van der Waals surface area contributed by atoms with Crippen molar-refractivity contribution in [1.29, 1.82) is 0 Å². The Bertz CT molecular complexity index is 900. The average Bonchev–Trinajstić information content (AvgIpc) is 3.16. The SMILES string of the molecule is CCOc1ccccc1-n1nnnc1SC(C)C(=O)N(C)c1ccccc1. The molecule has 0 saturated heterocycles. The molecule has 1 amide bonds. The number of anilines is 1. The maximum atomic E-state index is 12.8. The average molecular weight is 383 g/mol. The Morgan fingerprint density at radius 2 is 1.89 bits per heavy atom. The molecule has 7 nitrogen and oxygen atoms in total. The molecule has 0 spiro atoms. The normalized spacial score (nSPS) is 11.8. The molecule has 2 aromatic carbocycles. The Labute approximate surface area is 162 Å². The summed E-state index contributed by atoms with van der Waals surface area (Å²) in [6.45, 7) is 4.31. The molecule has 1 unspecified atom stereocenters. The topological polar surface area (TPSA) is 73.1 Å². The molecular weight excluding hydrogens is 362 g/mol. The lowest BCUT2D eigenvalue weighted by Crippen LogP contribution is -2.33. The quantitative estimate of drug-likeness (QED) is 0.584. The van der Waals surface area contributed by atoms with E-state index in [0.29, 0.717) is 17.5 Å². The van der Waals surface area contributed by atoms with Crippen LogP contribution in [0, 0.1) is 0 Å². The van der Waals surface area contributed by atoms with Gasteiger partial charge in [-0.3, -0.25) is 4.79 Å². The van der Waals surface area contributed by atoms with Gasteiger partial charge in [-0.2, -0.15) is 4.68 Å². The Hall–Kier alpha value is -2.87. The van der Waals surface area contributed by atoms with Gasteiger partial charge in [0.05, 0.1) is 11.9 Å². The van der Waals surface area contributed by atoms with Crippen LogP contribution in [0.25, 0.3) is 5.69 Å². The molecule has 8 heteroatoms. The molecule has 0 aliphatic rings. The van der Waals surface area contributed by atoms with Gasteiger partial charge in [0.25, 0.3) is 0 Å². The van der Waals surface area contributed by atoms with Gasteiger partial charge in [-0.15, -0.1) is 5.10 Å². The van der Waals surface area contributed by atoms with Crippen LogP contribution in [0.4, 0.5) is 5.69 Å². The number of carbonyl (C=O) groups excluding carboxylic acids is 1. The lowest BCUT2D eigenvalue weighted by Gasteiger charge is -2.21. The number of amides is 1. The first kappa shape index (κ1) is 18.9. The highest BCUT2D eigenvalue weighted by Gasteiger charge is 2.23. The number of hydrogen-bond acceptors (Lipinski definition) is 6. The van der Waals surface area contributed by atoms with E-state index in [0.717, 1.165) is 11.4 Å². The summed E-state index contributed by atoms with van der Waals surface area (Å²) in [7, 11) is 1.77. The zero-order valence-electron chi connectivity index (χ0n) is 15.4. The van der Waals surface area contributed by atoms with Gasteiger partial charge < -0.3 is 9.64 Å². The van der Waals surface area contributed by atoms with Crippen molar-refractivity contribution < 1.29 is 9.53 Å². The first-order valence-electron chi connectivity index (χ1n) is 8.61. The molecule has 140 valence electrons. The molecule has 27 heavy (non-hydrogen) atoms. The minimum atomic E-state index is -0.362. The smallest absolute Gasteiger partial charge is 0.240 e. The molecule has 3 rings (SSSR count). The summed E-state index contributed by atoms with van der Waals surface area (Å²) in [6, 6.07) is 17.1. The minimum absolute atomic E-state index is 0.0288. The Balaban J connectivity index is 1.80. The second-order valence-electron chi connectivity index (χ2n) is 5.77. The van der Waals surface area contributed by atoms with E-state index in [1.165, 1.54) is 11.8 Å². The largest absolute Gasteiger partial charge is 0.492 e. The Kier molecular flexibility index (Phi) is 6.08. The Morgan fingerprint density at radius 3 is 2.63 bits per heavy atom. The molecule has 0 N–H and O–H groups in total. The lowest BCUT2D eigenvalue weighted by atomic mass is 10.3. The summed E-state index contributed by atoms with van der Waals surface area (Å²) < 4.78 is 7.26. The standard InChI is InChI=1S/C19H21N5O2S/c1-4-26-17-13-9-8-12-16(17)24-19(20-21-22-24)27-14(2)18(25)23(3)15-10-6-5-7-11-15/h5-14H,4H2,1-3H3. The van der Waals surface area contributed by atoms with Crippen LogP contribution in [-0.4, -0.2) is 45.0 Å².